The lowest BCUT2D eigenvalue weighted by Crippen LogP contribution is -2.17. The van der Waals surface area contributed by atoms with Gasteiger partial charge in [0.05, 0.1) is 50.4 Å². The molecule has 0 bridgehead atoms. The van der Waals surface area contributed by atoms with Gasteiger partial charge >= 0.3 is 6.18 Å². The standard InChI is InChI=1S/C31H27BrF3N5O3S/c1-41-23-10-4-20(5-11-23)18-39(22-8-14-25(43-3)15-9-22)44-29-26(31(33,34)35)16-17-27(32)28(29)30-36-38-40(37-30)19-21-6-12-24(42-2)13-7-21/h4-17H,18-19H2,1-3H3. The molecule has 0 amide bonds. The highest BCUT2D eigenvalue weighted by atomic mass is 79.9. The lowest BCUT2D eigenvalue weighted by atomic mass is 10.1. The lowest BCUT2D eigenvalue weighted by Gasteiger charge is -2.26. The summed E-state index contributed by atoms with van der Waals surface area (Å²) >= 11 is 4.41. The van der Waals surface area contributed by atoms with Crippen LogP contribution in [0.1, 0.15) is 16.7 Å². The molecule has 8 nitrogen and oxygen atoms in total. The van der Waals surface area contributed by atoms with E-state index in [0.717, 1.165) is 29.1 Å². The molecule has 0 aliphatic carbocycles. The fraction of sp³-hybridized carbons (Fsp3) is 0.194. The number of hydrogen-bond acceptors (Lipinski definition) is 8. The van der Waals surface area contributed by atoms with Gasteiger partial charge in [-0.25, -0.2) is 0 Å². The van der Waals surface area contributed by atoms with E-state index >= 15 is 0 Å². The second-order valence-corrected chi connectivity index (χ2v) is 11.3. The van der Waals surface area contributed by atoms with Gasteiger partial charge in [0, 0.05) is 10.2 Å². The van der Waals surface area contributed by atoms with Gasteiger partial charge in [-0.1, -0.05) is 24.3 Å². The second-order valence-electron chi connectivity index (χ2n) is 9.46. The number of methoxy groups -OCH3 is 3. The molecule has 0 saturated carbocycles. The molecule has 0 radical (unpaired) electrons. The Morgan fingerprint density at radius 1 is 0.773 bits per heavy atom. The van der Waals surface area contributed by atoms with Gasteiger partial charge in [-0.15, -0.1) is 10.2 Å². The third-order valence-electron chi connectivity index (χ3n) is 6.62. The first-order chi connectivity index (χ1) is 21.2. The minimum atomic E-state index is -4.65. The molecule has 1 heterocycles. The van der Waals surface area contributed by atoms with Gasteiger partial charge in [0.25, 0.3) is 0 Å². The number of benzene rings is 4. The van der Waals surface area contributed by atoms with Crippen molar-refractivity contribution in [1.82, 2.24) is 20.2 Å². The normalized spacial score (nSPS) is 11.3. The molecule has 0 atom stereocenters. The smallest absolute Gasteiger partial charge is 0.417 e. The largest absolute Gasteiger partial charge is 0.497 e. The first-order valence-electron chi connectivity index (χ1n) is 13.2. The molecule has 0 fully saturated rings. The maximum Gasteiger partial charge on any atom is 0.417 e. The van der Waals surface area contributed by atoms with Crippen LogP contribution in [0.15, 0.2) is 94.3 Å². The molecular formula is C31H27BrF3N5O3S. The highest BCUT2D eigenvalue weighted by Gasteiger charge is 2.37. The predicted octanol–water partition coefficient (Wildman–Crippen LogP) is 7.91. The van der Waals surface area contributed by atoms with E-state index in [0.29, 0.717) is 27.4 Å². The summed E-state index contributed by atoms with van der Waals surface area (Å²) < 4.78 is 61.6. The highest BCUT2D eigenvalue weighted by Crippen LogP contribution is 2.46. The zero-order chi connectivity index (χ0) is 31.3. The quantitative estimate of drug-likeness (QED) is 0.130. The van der Waals surface area contributed by atoms with E-state index in [2.05, 4.69) is 31.3 Å². The van der Waals surface area contributed by atoms with Crippen LogP contribution in [0.3, 0.4) is 0 Å². The maximum absolute atomic E-state index is 14.5. The molecule has 228 valence electrons. The number of aromatic nitrogens is 4. The number of alkyl halides is 3. The van der Waals surface area contributed by atoms with Crippen molar-refractivity contribution in [3.8, 4) is 28.6 Å². The SMILES string of the molecule is COc1ccc(CN(Sc2c(C(F)(F)F)ccc(Br)c2-c2nnn(Cc3ccc(OC)cc3)n2)c2ccc(OC)cc2)cc1. The van der Waals surface area contributed by atoms with Gasteiger partial charge < -0.3 is 18.5 Å². The number of hydrogen-bond donors (Lipinski definition) is 0. The Bertz CT molecular complexity index is 1700. The molecule has 5 aromatic rings. The number of nitrogens with zero attached hydrogens (tertiary/aromatic N) is 5. The van der Waals surface area contributed by atoms with Crippen molar-refractivity contribution in [3.05, 3.63) is 106 Å². The molecular weight excluding hydrogens is 659 g/mol. The van der Waals surface area contributed by atoms with Gasteiger partial charge in [0.1, 0.15) is 17.2 Å². The van der Waals surface area contributed by atoms with E-state index in [1.54, 1.807) is 49.9 Å². The van der Waals surface area contributed by atoms with Crippen molar-refractivity contribution < 1.29 is 27.4 Å². The average Bonchev–Trinajstić information content (AvgIpc) is 3.48. The zero-order valence-electron chi connectivity index (χ0n) is 23.9. The molecule has 5 rings (SSSR count). The summed E-state index contributed by atoms with van der Waals surface area (Å²) in [5.74, 6) is 2.06. The Morgan fingerprint density at radius 3 is 1.86 bits per heavy atom. The van der Waals surface area contributed by atoms with Gasteiger partial charge in [-0.3, -0.25) is 0 Å². The van der Waals surface area contributed by atoms with Crippen molar-refractivity contribution in [1.29, 1.82) is 0 Å². The Balaban J connectivity index is 1.56. The molecule has 0 aliphatic rings. The topological polar surface area (TPSA) is 74.5 Å². The molecule has 0 saturated heterocycles. The van der Waals surface area contributed by atoms with E-state index in [1.165, 1.54) is 10.9 Å². The third kappa shape index (κ3) is 7.28. The van der Waals surface area contributed by atoms with Gasteiger partial charge in [-0.05, 0) is 105 Å². The fourth-order valence-electron chi connectivity index (χ4n) is 4.32. The Labute approximate surface area is 265 Å². The molecule has 13 heteroatoms. The summed E-state index contributed by atoms with van der Waals surface area (Å²) in [6.45, 7) is 0.549. The van der Waals surface area contributed by atoms with Crippen LogP contribution in [0.25, 0.3) is 11.4 Å². The van der Waals surface area contributed by atoms with Gasteiger partial charge in [-0.2, -0.15) is 18.0 Å². The molecule has 0 N–H and O–H groups in total. The van der Waals surface area contributed by atoms with E-state index < -0.39 is 11.7 Å². The second kappa shape index (κ2) is 13.6. The van der Waals surface area contributed by atoms with Crippen molar-refractivity contribution in [2.45, 2.75) is 24.2 Å². The number of tetrazole rings is 1. The van der Waals surface area contributed by atoms with Crippen LogP contribution in [0.2, 0.25) is 0 Å². The first-order valence-corrected chi connectivity index (χ1v) is 14.8. The van der Waals surface area contributed by atoms with E-state index in [4.69, 9.17) is 14.2 Å². The minimum Gasteiger partial charge on any atom is -0.497 e. The third-order valence-corrected chi connectivity index (χ3v) is 8.45. The van der Waals surface area contributed by atoms with E-state index in [-0.39, 0.29) is 29.4 Å². The lowest BCUT2D eigenvalue weighted by molar-refractivity contribution is -0.139. The van der Waals surface area contributed by atoms with E-state index in [1.807, 2.05) is 48.5 Å². The van der Waals surface area contributed by atoms with E-state index in [9.17, 15) is 13.2 Å². The van der Waals surface area contributed by atoms with Crippen LogP contribution in [0, 0.1) is 0 Å². The van der Waals surface area contributed by atoms with Crippen LogP contribution in [-0.2, 0) is 19.3 Å². The highest BCUT2D eigenvalue weighted by molar-refractivity contribution is 9.10. The van der Waals surface area contributed by atoms with Crippen LogP contribution >= 0.6 is 27.9 Å². The number of ether oxygens (including phenoxy) is 3. The van der Waals surface area contributed by atoms with Crippen molar-refractivity contribution in [2.24, 2.45) is 0 Å². The fourth-order valence-corrected chi connectivity index (χ4v) is 6.20. The maximum atomic E-state index is 14.5. The first kappa shape index (κ1) is 31.2. The monoisotopic (exact) mass is 685 g/mol. The Hall–Kier alpha value is -4.23. The summed E-state index contributed by atoms with van der Waals surface area (Å²) in [6.07, 6.45) is -4.65. The zero-order valence-corrected chi connectivity index (χ0v) is 26.3. The minimum absolute atomic E-state index is 0.0538. The summed E-state index contributed by atoms with van der Waals surface area (Å²) in [7, 11) is 4.70. The van der Waals surface area contributed by atoms with Gasteiger partial charge in [0.2, 0.25) is 5.82 Å². The number of anilines is 1. The summed E-state index contributed by atoms with van der Waals surface area (Å²) in [5, 5.41) is 12.8. The van der Waals surface area contributed by atoms with Gasteiger partial charge in [0.15, 0.2) is 0 Å². The molecule has 4 aromatic carbocycles. The Kier molecular flexibility index (Phi) is 9.64. The van der Waals surface area contributed by atoms with Crippen molar-refractivity contribution in [3.63, 3.8) is 0 Å². The molecule has 0 unspecified atom stereocenters. The summed E-state index contributed by atoms with van der Waals surface area (Å²) in [6, 6.07) is 24.2. The van der Waals surface area contributed by atoms with Crippen molar-refractivity contribution in [2.75, 3.05) is 25.6 Å². The Morgan fingerprint density at radius 2 is 1.32 bits per heavy atom. The molecule has 0 spiro atoms. The summed E-state index contributed by atoms with van der Waals surface area (Å²) in [5.41, 5.74) is 1.77. The predicted molar refractivity (Wildman–Crippen MR) is 166 cm³/mol. The molecule has 44 heavy (non-hydrogen) atoms. The van der Waals surface area contributed by atoms with Crippen LogP contribution in [-0.4, -0.2) is 41.5 Å². The number of rotatable bonds is 11. The van der Waals surface area contributed by atoms with Crippen LogP contribution in [0.5, 0.6) is 17.2 Å². The molecule has 1 aromatic heterocycles. The average molecular weight is 687 g/mol. The van der Waals surface area contributed by atoms with Crippen LogP contribution in [0.4, 0.5) is 18.9 Å². The number of halogens is 4. The van der Waals surface area contributed by atoms with Crippen LogP contribution < -0.4 is 18.5 Å². The van der Waals surface area contributed by atoms with Crippen molar-refractivity contribution >= 4 is 33.6 Å². The molecule has 0 aliphatic heterocycles. The summed E-state index contributed by atoms with van der Waals surface area (Å²) in [4.78, 5) is 1.27.